The molecule has 0 aromatic carbocycles. The molecule has 0 radical (unpaired) electrons. The van der Waals surface area contributed by atoms with Crippen molar-refractivity contribution in [3.8, 4) is 0 Å². The van der Waals surface area contributed by atoms with Crippen LogP contribution in [0.25, 0.3) is 5.65 Å². The highest BCUT2D eigenvalue weighted by Gasteiger charge is 2.08. The number of aromatic nitrogens is 5. The molecule has 19 heavy (non-hydrogen) atoms. The second kappa shape index (κ2) is 4.64. The minimum absolute atomic E-state index is 0.499. The predicted octanol–water partition coefficient (Wildman–Crippen LogP) is 1.68. The Morgan fingerprint density at radius 3 is 2.89 bits per heavy atom. The molecule has 98 valence electrons. The topological polar surface area (TPSA) is 68.2 Å². The molecule has 0 spiro atoms. The molecule has 1 atom stereocenters. The number of aliphatic hydroxyl groups is 1. The van der Waals surface area contributed by atoms with Crippen molar-refractivity contribution in [3.63, 3.8) is 0 Å². The van der Waals surface area contributed by atoms with Crippen molar-refractivity contribution in [3.05, 3.63) is 47.1 Å². The van der Waals surface area contributed by atoms with E-state index in [2.05, 4.69) is 15.3 Å². The van der Waals surface area contributed by atoms with Gasteiger partial charge in [-0.25, -0.2) is 9.67 Å². The standard InChI is InChI=1S/C12H12ClN5O/c1-8(19)11-7-18(16-15-11)6-10-5-17-4-9(13)2-3-12(17)14-10/h2-5,7-8,19H,6H2,1H3. The predicted molar refractivity (Wildman–Crippen MR) is 70.0 cm³/mol. The number of hydrogen-bond donors (Lipinski definition) is 1. The fourth-order valence-electron chi connectivity index (χ4n) is 1.84. The summed E-state index contributed by atoms with van der Waals surface area (Å²) >= 11 is 5.92. The Bertz CT molecular complexity index is 718. The van der Waals surface area contributed by atoms with E-state index in [1.807, 2.05) is 16.7 Å². The van der Waals surface area contributed by atoms with Gasteiger partial charge < -0.3 is 9.51 Å². The van der Waals surface area contributed by atoms with Crippen molar-refractivity contribution >= 4 is 17.2 Å². The van der Waals surface area contributed by atoms with Crippen molar-refractivity contribution in [2.24, 2.45) is 0 Å². The van der Waals surface area contributed by atoms with Crippen LogP contribution < -0.4 is 0 Å². The molecule has 3 aromatic heterocycles. The minimum atomic E-state index is -0.617. The van der Waals surface area contributed by atoms with E-state index >= 15 is 0 Å². The van der Waals surface area contributed by atoms with Crippen LogP contribution in [0.4, 0.5) is 0 Å². The Morgan fingerprint density at radius 2 is 2.16 bits per heavy atom. The van der Waals surface area contributed by atoms with E-state index < -0.39 is 6.10 Å². The van der Waals surface area contributed by atoms with Crippen LogP contribution in [0, 0.1) is 0 Å². The third-order valence-electron chi connectivity index (χ3n) is 2.77. The lowest BCUT2D eigenvalue weighted by Crippen LogP contribution is -2.00. The van der Waals surface area contributed by atoms with Crippen LogP contribution in [-0.4, -0.2) is 29.5 Å². The molecule has 3 heterocycles. The highest BCUT2D eigenvalue weighted by atomic mass is 35.5. The zero-order valence-electron chi connectivity index (χ0n) is 10.2. The highest BCUT2D eigenvalue weighted by Crippen LogP contribution is 2.13. The van der Waals surface area contributed by atoms with Gasteiger partial charge in [-0.15, -0.1) is 5.10 Å². The summed E-state index contributed by atoms with van der Waals surface area (Å²) in [4.78, 5) is 4.46. The average molecular weight is 278 g/mol. The second-order valence-electron chi connectivity index (χ2n) is 4.36. The Morgan fingerprint density at radius 1 is 1.32 bits per heavy atom. The van der Waals surface area contributed by atoms with E-state index in [-0.39, 0.29) is 0 Å². The Hall–Kier alpha value is -1.92. The number of halogens is 1. The van der Waals surface area contributed by atoms with Gasteiger partial charge in [0.2, 0.25) is 0 Å². The zero-order chi connectivity index (χ0) is 13.4. The molecule has 0 aliphatic rings. The van der Waals surface area contributed by atoms with Crippen LogP contribution in [0.2, 0.25) is 5.02 Å². The van der Waals surface area contributed by atoms with Crippen molar-refractivity contribution in [2.45, 2.75) is 19.6 Å². The van der Waals surface area contributed by atoms with E-state index in [1.165, 1.54) is 0 Å². The third kappa shape index (κ3) is 2.45. The molecule has 0 bridgehead atoms. The molecular weight excluding hydrogens is 266 g/mol. The number of hydrogen-bond acceptors (Lipinski definition) is 4. The smallest absolute Gasteiger partial charge is 0.137 e. The lowest BCUT2D eigenvalue weighted by atomic mass is 10.3. The fourth-order valence-corrected chi connectivity index (χ4v) is 2.01. The first-order valence-electron chi connectivity index (χ1n) is 5.83. The molecule has 0 saturated carbocycles. The molecule has 1 unspecified atom stereocenters. The van der Waals surface area contributed by atoms with Crippen molar-refractivity contribution in [1.82, 2.24) is 24.4 Å². The van der Waals surface area contributed by atoms with Crippen LogP contribution in [0.5, 0.6) is 0 Å². The minimum Gasteiger partial charge on any atom is -0.387 e. The number of aliphatic hydroxyl groups excluding tert-OH is 1. The van der Waals surface area contributed by atoms with Crippen molar-refractivity contribution < 1.29 is 5.11 Å². The van der Waals surface area contributed by atoms with Gasteiger partial charge in [0.15, 0.2) is 0 Å². The largest absolute Gasteiger partial charge is 0.387 e. The first-order valence-corrected chi connectivity index (χ1v) is 6.21. The highest BCUT2D eigenvalue weighted by molar-refractivity contribution is 6.30. The molecule has 0 fully saturated rings. The quantitative estimate of drug-likeness (QED) is 0.791. The van der Waals surface area contributed by atoms with Gasteiger partial charge in [0, 0.05) is 12.4 Å². The van der Waals surface area contributed by atoms with E-state index in [1.54, 1.807) is 30.1 Å². The molecule has 1 N–H and O–H groups in total. The molecule has 7 heteroatoms. The lowest BCUT2D eigenvalue weighted by molar-refractivity contribution is 0.194. The van der Waals surface area contributed by atoms with Gasteiger partial charge >= 0.3 is 0 Å². The van der Waals surface area contributed by atoms with E-state index in [4.69, 9.17) is 11.6 Å². The number of pyridine rings is 1. The first-order chi connectivity index (χ1) is 9.11. The van der Waals surface area contributed by atoms with Gasteiger partial charge in [-0.2, -0.15) is 0 Å². The monoisotopic (exact) mass is 277 g/mol. The Kier molecular flexibility index (Phi) is 2.96. The molecule has 0 aliphatic carbocycles. The summed E-state index contributed by atoms with van der Waals surface area (Å²) in [6.07, 6.45) is 4.79. The molecular formula is C12H12ClN5O. The van der Waals surface area contributed by atoms with Crippen molar-refractivity contribution in [1.29, 1.82) is 0 Å². The summed E-state index contributed by atoms with van der Waals surface area (Å²) in [7, 11) is 0. The summed E-state index contributed by atoms with van der Waals surface area (Å²) in [6, 6.07) is 3.66. The maximum Gasteiger partial charge on any atom is 0.137 e. The van der Waals surface area contributed by atoms with Gasteiger partial charge in [0.25, 0.3) is 0 Å². The Balaban J connectivity index is 1.87. The second-order valence-corrected chi connectivity index (χ2v) is 4.80. The first kappa shape index (κ1) is 12.1. The van der Waals surface area contributed by atoms with E-state index in [0.717, 1.165) is 11.3 Å². The normalized spacial score (nSPS) is 13.0. The van der Waals surface area contributed by atoms with Crippen molar-refractivity contribution in [2.75, 3.05) is 0 Å². The molecule has 0 amide bonds. The van der Waals surface area contributed by atoms with Crippen LogP contribution in [0.1, 0.15) is 24.4 Å². The van der Waals surface area contributed by atoms with E-state index in [0.29, 0.717) is 17.3 Å². The summed E-state index contributed by atoms with van der Waals surface area (Å²) in [6.45, 7) is 2.15. The van der Waals surface area contributed by atoms with Gasteiger partial charge in [0.05, 0.1) is 29.6 Å². The summed E-state index contributed by atoms with van der Waals surface area (Å²) in [5.74, 6) is 0. The van der Waals surface area contributed by atoms with Gasteiger partial charge in [-0.05, 0) is 19.1 Å². The number of nitrogens with zero attached hydrogens (tertiary/aromatic N) is 5. The maximum atomic E-state index is 9.40. The third-order valence-corrected chi connectivity index (χ3v) is 3.00. The van der Waals surface area contributed by atoms with Gasteiger partial charge in [0.1, 0.15) is 11.3 Å². The Labute approximate surface area is 114 Å². The molecule has 0 saturated heterocycles. The fraction of sp³-hybridized carbons (Fsp3) is 0.250. The van der Waals surface area contributed by atoms with Crippen LogP contribution in [-0.2, 0) is 6.54 Å². The van der Waals surface area contributed by atoms with Crippen LogP contribution in [0.3, 0.4) is 0 Å². The van der Waals surface area contributed by atoms with Crippen LogP contribution in [0.15, 0.2) is 30.7 Å². The lowest BCUT2D eigenvalue weighted by Gasteiger charge is -1.96. The molecule has 3 aromatic rings. The molecule has 3 rings (SSSR count). The summed E-state index contributed by atoms with van der Waals surface area (Å²) in [5, 5.41) is 17.9. The van der Waals surface area contributed by atoms with E-state index in [9.17, 15) is 5.11 Å². The number of imidazole rings is 1. The van der Waals surface area contributed by atoms with Crippen LogP contribution >= 0.6 is 11.6 Å². The molecule has 6 nitrogen and oxygen atoms in total. The maximum absolute atomic E-state index is 9.40. The zero-order valence-corrected chi connectivity index (χ0v) is 11.0. The SMILES string of the molecule is CC(O)c1cn(Cc2cn3cc(Cl)ccc3n2)nn1. The van der Waals surface area contributed by atoms with Gasteiger partial charge in [-0.3, -0.25) is 0 Å². The molecule has 0 aliphatic heterocycles. The van der Waals surface area contributed by atoms with Gasteiger partial charge in [-0.1, -0.05) is 16.8 Å². The summed E-state index contributed by atoms with van der Waals surface area (Å²) < 4.78 is 3.51. The summed E-state index contributed by atoms with van der Waals surface area (Å²) in [5.41, 5.74) is 2.23. The number of fused-ring (bicyclic) bond motifs is 1. The average Bonchev–Trinajstić information content (AvgIpc) is 2.95. The number of rotatable bonds is 3.